The number of benzene rings is 1. The number of pyridine rings is 1. The maximum absolute atomic E-state index is 12.4. The molecule has 0 bridgehead atoms. The molecule has 3 nitrogen and oxygen atoms in total. The molecular weight excluding hydrogens is 316 g/mol. The molecule has 0 aliphatic rings. The lowest BCUT2D eigenvalue weighted by molar-refractivity contribution is 0.0937. The zero-order valence-corrected chi connectivity index (χ0v) is 13.4. The molecule has 1 amide bonds. The molecule has 0 unspecified atom stereocenters. The molecule has 1 aromatic heterocycles. The van der Waals surface area contributed by atoms with Crippen molar-refractivity contribution >= 4 is 32.7 Å². The van der Waals surface area contributed by atoms with Crippen molar-refractivity contribution in [3.63, 3.8) is 0 Å². The summed E-state index contributed by atoms with van der Waals surface area (Å²) in [6.45, 7) is 4.96. The minimum absolute atomic E-state index is 0.0359. The van der Waals surface area contributed by atoms with Gasteiger partial charge < -0.3 is 5.32 Å². The Kier molecular flexibility index (Phi) is 4.76. The topological polar surface area (TPSA) is 42.0 Å². The van der Waals surface area contributed by atoms with Crippen LogP contribution in [0.3, 0.4) is 0 Å². The van der Waals surface area contributed by atoms with Crippen molar-refractivity contribution in [1.29, 1.82) is 0 Å². The van der Waals surface area contributed by atoms with Crippen LogP contribution in [-0.4, -0.2) is 22.8 Å². The summed E-state index contributed by atoms with van der Waals surface area (Å²) in [5.41, 5.74) is 1.62. The Balaban J connectivity index is 2.16. The van der Waals surface area contributed by atoms with Gasteiger partial charge in [-0.15, -0.1) is 0 Å². The zero-order chi connectivity index (χ0) is 14.6. The Morgan fingerprint density at radius 1 is 1.30 bits per heavy atom. The Morgan fingerprint density at radius 2 is 2.10 bits per heavy atom. The van der Waals surface area contributed by atoms with Crippen molar-refractivity contribution in [3.8, 4) is 0 Å². The molecule has 1 aromatic carbocycles. The first-order chi connectivity index (χ1) is 9.53. The molecule has 1 heterocycles. The van der Waals surface area contributed by atoms with Crippen LogP contribution >= 0.6 is 15.9 Å². The lowest BCUT2D eigenvalue weighted by Gasteiger charge is -2.24. The standard InChI is InChI=1S/C16H19BrN2O/c1-16(2,8-9-17)11-19-15(20)13-5-3-7-14-12(13)6-4-10-18-14/h3-7,10H,8-9,11H2,1-2H3,(H,19,20). The first-order valence-corrected chi connectivity index (χ1v) is 7.83. The minimum atomic E-state index is -0.0359. The van der Waals surface area contributed by atoms with E-state index in [0.717, 1.165) is 22.7 Å². The van der Waals surface area contributed by atoms with Gasteiger partial charge in [-0.2, -0.15) is 0 Å². The molecule has 1 N–H and O–H groups in total. The zero-order valence-electron chi connectivity index (χ0n) is 11.8. The van der Waals surface area contributed by atoms with E-state index in [1.165, 1.54) is 0 Å². The van der Waals surface area contributed by atoms with Crippen LogP contribution in [0, 0.1) is 5.41 Å². The number of hydrogen-bond acceptors (Lipinski definition) is 2. The maximum Gasteiger partial charge on any atom is 0.251 e. The molecule has 0 fully saturated rings. The molecule has 2 rings (SSSR count). The molecule has 0 aliphatic heterocycles. The number of nitrogens with one attached hydrogen (secondary N) is 1. The van der Waals surface area contributed by atoms with E-state index in [0.29, 0.717) is 12.1 Å². The third-order valence-electron chi connectivity index (χ3n) is 3.39. The fourth-order valence-electron chi connectivity index (χ4n) is 2.06. The number of fused-ring (bicyclic) bond motifs is 1. The molecule has 2 aromatic rings. The van der Waals surface area contributed by atoms with Crippen LogP contribution in [0.2, 0.25) is 0 Å². The quantitative estimate of drug-likeness (QED) is 0.845. The van der Waals surface area contributed by atoms with Crippen LogP contribution in [0.15, 0.2) is 36.5 Å². The number of rotatable bonds is 5. The van der Waals surface area contributed by atoms with E-state index in [1.54, 1.807) is 6.20 Å². The van der Waals surface area contributed by atoms with Gasteiger partial charge in [0, 0.05) is 29.0 Å². The summed E-state index contributed by atoms with van der Waals surface area (Å²) in [6, 6.07) is 9.42. The fourth-order valence-corrected chi connectivity index (χ4v) is 3.13. The summed E-state index contributed by atoms with van der Waals surface area (Å²) < 4.78 is 0. The van der Waals surface area contributed by atoms with Crippen LogP contribution < -0.4 is 5.32 Å². The van der Waals surface area contributed by atoms with Gasteiger partial charge in [-0.25, -0.2) is 0 Å². The van der Waals surface area contributed by atoms with E-state index >= 15 is 0 Å². The average Bonchev–Trinajstić information content (AvgIpc) is 2.44. The highest BCUT2D eigenvalue weighted by atomic mass is 79.9. The van der Waals surface area contributed by atoms with Gasteiger partial charge >= 0.3 is 0 Å². The van der Waals surface area contributed by atoms with Gasteiger partial charge in [0.05, 0.1) is 5.52 Å². The van der Waals surface area contributed by atoms with Crippen molar-refractivity contribution in [2.75, 3.05) is 11.9 Å². The highest BCUT2D eigenvalue weighted by Gasteiger charge is 2.19. The second-order valence-corrected chi connectivity index (χ2v) is 6.45. The van der Waals surface area contributed by atoms with Crippen molar-refractivity contribution in [2.45, 2.75) is 20.3 Å². The van der Waals surface area contributed by atoms with Gasteiger partial charge in [0.2, 0.25) is 0 Å². The Bertz CT molecular complexity index is 605. The molecule has 0 saturated heterocycles. The Labute approximate surface area is 127 Å². The molecule has 4 heteroatoms. The molecule has 0 spiro atoms. The summed E-state index contributed by atoms with van der Waals surface area (Å²) in [6.07, 6.45) is 2.76. The maximum atomic E-state index is 12.4. The largest absolute Gasteiger partial charge is 0.351 e. The van der Waals surface area contributed by atoms with Crippen LogP contribution in [0.5, 0.6) is 0 Å². The van der Waals surface area contributed by atoms with E-state index < -0.39 is 0 Å². The summed E-state index contributed by atoms with van der Waals surface area (Å²) in [5, 5.41) is 4.86. The number of halogens is 1. The highest BCUT2D eigenvalue weighted by Crippen LogP contribution is 2.21. The van der Waals surface area contributed by atoms with Gasteiger partial charge in [-0.05, 0) is 30.0 Å². The highest BCUT2D eigenvalue weighted by molar-refractivity contribution is 9.09. The first kappa shape index (κ1) is 15.0. The van der Waals surface area contributed by atoms with E-state index in [1.807, 2.05) is 30.3 Å². The second kappa shape index (κ2) is 6.35. The van der Waals surface area contributed by atoms with Crippen LogP contribution in [0.1, 0.15) is 30.6 Å². The third-order valence-corrected chi connectivity index (χ3v) is 3.79. The number of carbonyl (C=O) groups excluding carboxylic acids is 1. The van der Waals surface area contributed by atoms with E-state index in [9.17, 15) is 4.79 Å². The SMILES string of the molecule is CC(C)(CCBr)CNC(=O)c1cccc2ncccc12. The van der Waals surface area contributed by atoms with Crippen molar-refractivity contribution in [3.05, 3.63) is 42.1 Å². The molecule has 0 aliphatic carbocycles. The fraction of sp³-hybridized carbons (Fsp3) is 0.375. The normalized spacial score (nSPS) is 11.6. The van der Waals surface area contributed by atoms with Crippen LogP contribution in [0.25, 0.3) is 10.9 Å². The first-order valence-electron chi connectivity index (χ1n) is 6.71. The van der Waals surface area contributed by atoms with Gasteiger partial charge in [0.1, 0.15) is 0 Å². The Morgan fingerprint density at radius 3 is 2.85 bits per heavy atom. The molecule has 0 radical (unpaired) electrons. The number of aromatic nitrogens is 1. The second-order valence-electron chi connectivity index (χ2n) is 5.66. The minimum Gasteiger partial charge on any atom is -0.351 e. The number of nitrogens with zero attached hydrogens (tertiary/aromatic N) is 1. The molecular formula is C16H19BrN2O. The van der Waals surface area contributed by atoms with Crippen LogP contribution in [-0.2, 0) is 0 Å². The van der Waals surface area contributed by atoms with Gasteiger partial charge in [0.15, 0.2) is 0 Å². The predicted octanol–water partition coefficient (Wildman–Crippen LogP) is 3.78. The monoisotopic (exact) mass is 334 g/mol. The molecule has 0 atom stereocenters. The number of hydrogen-bond donors (Lipinski definition) is 1. The van der Waals surface area contributed by atoms with Crippen molar-refractivity contribution in [2.24, 2.45) is 5.41 Å². The van der Waals surface area contributed by atoms with E-state index in [2.05, 4.69) is 40.1 Å². The van der Waals surface area contributed by atoms with E-state index in [4.69, 9.17) is 0 Å². The van der Waals surface area contributed by atoms with Gasteiger partial charge in [-0.1, -0.05) is 41.9 Å². The van der Waals surface area contributed by atoms with E-state index in [-0.39, 0.29) is 11.3 Å². The van der Waals surface area contributed by atoms with Crippen molar-refractivity contribution in [1.82, 2.24) is 10.3 Å². The summed E-state index contributed by atoms with van der Waals surface area (Å²) >= 11 is 3.45. The van der Waals surface area contributed by atoms with Gasteiger partial charge in [0.25, 0.3) is 5.91 Å². The predicted molar refractivity (Wildman–Crippen MR) is 86.3 cm³/mol. The smallest absolute Gasteiger partial charge is 0.251 e. The van der Waals surface area contributed by atoms with Crippen LogP contribution in [0.4, 0.5) is 0 Å². The molecule has 106 valence electrons. The lowest BCUT2D eigenvalue weighted by Crippen LogP contribution is -2.34. The lowest BCUT2D eigenvalue weighted by atomic mass is 9.90. The molecule has 20 heavy (non-hydrogen) atoms. The number of amides is 1. The number of alkyl halides is 1. The number of carbonyl (C=O) groups is 1. The van der Waals surface area contributed by atoms with Crippen molar-refractivity contribution < 1.29 is 4.79 Å². The summed E-state index contributed by atoms with van der Waals surface area (Å²) in [7, 11) is 0. The molecule has 0 saturated carbocycles. The Hall–Kier alpha value is -1.42. The third kappa shape index (κ3) is 3.57. The van der Waals surface area contributed by atoms with Gasteiger partial charge in [-0.3, -0.25) is 9.78 Å². The summed E-state index contributed by atoms with van der Waals surface area (Å²) in [5.74, 6) is -0.0359. The summed E-state index contributed by atoms with van der Waals surface area (Å²) in [4.78, 5) is 16.6. The average molecular weight is 335 g/mol.